The Morgan fingerprint density at radius 3 is 1.53 bits per heavy atom. The third kappa shape index (κ3) is 9.13. The van der Waals surface area contributed by atoms with Gasteiger partial charge in [0.2, 0.25) is 0 Å². The molecular weight excluding hydrogens is 408 g/mol. The van der Waals surface area contributed by atoms with E-state index in [4.69, 9.17) is 0 Å². The fourth-order valence-corrected chi connectivity index (χ4v) is 4.25. The summed E-state index contributed by atoms with van der Waals surface area (Å²) in [5, 5.41) is 0. The van der Waals surface area contributed by atoms with Crippen LogP contribution in [0.2, 0.25) is 0 Å². The van der Waals surface area contributed by atoms with E-state index >= 15 is 0 Å². The topological polar surface area (TPSA) is 0 Å². The van der Waals surface area contributed by atoms with Crippen LogP contribution in [0, 0.1) is 32.1 Å². The molecular formula is C34H48. The molecule has 0 aliphatic carbocycles. The van der Waals surface area contributed by atoms with Crippen molar-refractivity contribution in [3.8, 4) is 0 Å². The summed E-state index contributed by atoms with van der Waals surface area (Å²) in [4.78, 5) is 0. The highest BCUT2D eigenvalue weighted by Gasteiger charge is 2.15. The van der Waals surface area contributed by atoms with Crippen molar-refractivity contribution in [2.24, 2.45) is 11.3 Å². The Morgan fingerprint density at radius 2 is 1.09 bits per heavy atom. The second kappa shape index (κ2) is 12.4. The molecule has 0 heteroatoms. The Morgan fingerprint density at radius 1 is 0.618 bits per heavy atom. The predicted octanol–water partition coefficient (Wildman–Crippen LogP) is 9.80. The first-order valence-electron chi connectivity index (χ1n) is 13.1. The van der Waals surface area contributed by atoms with Crippen LogP contribution < -0.4 is 0 Å². The lowest BCUT2D eigenvalue weighted by Crippen LogP contribution is -2.10. The Hall–Kier alpha value is -2.34. The van der Waals surface area contributed by atoms with Gasteiger partial charge in [-0.1, -0.05) is 115 Å². The third-order valence-electron chi connectivity index (χ3n) is 6.26. The van der Waals surface area contributed by atoms with Gasteiger partial charge in [-0.2, -0.15) is 0 Å². The minimum atomic E-state index is 0.323. The largest absolute Gasteiger partial charge is 0.0630 e. The SMILES string of the molecule is CC(C)C.Cc1ccc(CCc2ccc(C(C)c3ccc(CC(C)(C)C)c(C)c3)cc2C)cc1. The van der Waals surface area contributed by atoms with Gasteiger partial charge in [-0.15, -0.1) is 0 Å². The summed E-state index contributed by atoms with van der Waals surface area (Å²) >= 11 is 0. The maximum atomic E-state index is 2.40. The van der Waals surface area contributed by atoms with Gasteiger partial charge < -0.3 is 0 Å². The van der Waals surface area contributed by atoms with Crippen LogP contribution in [-0.2, 0) is 19.3 Å². The zero-order valence-corrected chi connectivity index (χ0v) is 23.5. The molecule has 1 unspecified atom stereocenters. The molecule has 0 heterocycles. The summed E-state index contributed by atoms with van der Waals surface area (Å²) in [6.07, 6.45) is 3.33. The number of hydrogen-bond acceptors (Lipinski definition) is 0. The minimum absolute atomic E-state index is 0.323. The first-order chi connectivity index (χ1) is 15.9. The monoisotopic (exact) mass is 456 g/mol. The lowest BCUT2D eigenvalue weighted by atomic mass is 9.84. The van der Waals surface area contributed by atoms with E-state index in [-0.39, 0.29) is 0 Å². The second-order valence-electron chi connectivity index (χ2n) is 12.0. The van der Waals surface area contributed by atoms with Gasteiger partial charge in [-0.05, 0) is 90.3 Å². The quantitative estimate of drug-likeness (QED) is 0.346. The van der Waals surface area contributed by atoms with Gasteiger partial charge in [-0.3, -0.25) is 0 Å². The molecule has 0 amide bonds. The minimum Gasteiger partial charge on any atom is -0.0630 e. The van der Waals surface area contributed by atoms with Crippen LogP contribution in [0.4, 0.5) is 0 Å². The number of rotatable bonds is 6. The van der Waals surface area contributed by atoms with Crippen molar-refractivity contribution in [3.05, 3.63) is 105 Å². The molecule has 0 aliphatic heterocycles. The maximum Gasteiger partial charge on any atom is 0.00612 e. The van der Waals surface area contributed by atoms with E-state index in [1.54, 1.807) is 0 Å². The van der Waals surface area contributed by atoms with Gasteiger partial charge in [0.25, 0.3) is 0 Å². The molecule has 0 saturated carbocycles. The first-order valence-corrected chi connectivity index (χ1v) is 13.1. The molecule has 0 N–H and O–H groups in total. The number of hydrogen-bond donors (Lipinski definition) is 0. The molecule has 0 spiro atoms. The zero-order valence-electron chi connectivity index (χ0n) is 23.5. The molecule has 0 aromatic heterocycles. The summed E-state index contributed by atoms with van der Waals surface area (Å²) in [5.74, 6) is 1.25. The molecule has 0 nitrogen and oxygen atoms in total. The summed E-state index contributed by atoms with van der Waals surface area (Å²) < 4.78 is 0. The standard InChI is InChI=1S/C30H38.C4H10/c1-21-8-10-25(11-9-21)12-13-26-14-15-27(18-22(26)2)24(4)28-16-17-29(23(3)19-28)20-30(5,6)7;1-4(2)3/h8-11,14-19,24H,12-13,20H2,1-7H3;4H,1-3H3. The van der Waals surface area contributed by atoms with Crippen molar-refractivity contribution in [1.82, 2.24) is 0 Å². The molecule has 0 bridgehead atoms. The Kier molecular flexibility index (Phi) is 10.2. The van der Waals surface area contributed by atoms with Crippen molar-refractivity contribution in [3.63, 3.8) is 0 Å². The van der Waals surface area contributed by atoms with E-state index in [0.717, 1.165) is 25.2 Å². The molecule has 0 fully saturated rings. The van der Waals surface area contributed by atoms with Crippen molar-refractivity contribution in [2.75, 3.05) is 0 Å². The van der Waals surface area contributed by atoms with Gasteiger partial charge in [0, 0.05) is 5.92 Å². The highest BCUT2D eigenvalue weighted by Crippen LogP contribution is 2.30. The van der Waals surface area contributed by atoms with E-state index in [9.17, 15) is 0 Å². The lowest BCUT2D eigenvalue weighted by molar-refractivity contribution is 0.410. The summed E-state index contributed by atoms with van der Waals surface area (Å²) in [6.45, 7) is 22.4. The van der Waals surface area contributed by atoms with Gasteiger partial charge in [0.15, 0.2) is 0 Å². The highest BCUT2D eigenvalue weighted by molar-refractivity contribution is 5.41. The van der Waals surface area contributed by atoms with E-state index in [2.05, 4.69) is 130 Å². The maximum absolute atomic E-state index is 2.40. The summed E-state index contributed by atoms with van der Waals surface area (Å²) in [6, 6.07) is 23.1. The molecule has 0 saturated heterocycles. The van der Waals surface area contributed by atoms with E-state index < -0.39 is 0 Å². The summed E-state index contributed by atoms with van der Waals surface area (Å²) in [7, 11) is 0. The average Bonchev–Trinajstić information content (AvgIpc) is 2.73. The smallest absolute Gasteiger partial charge is 0.00612 e. The number of benzene rings is 3. The fourth-order valence-electron chi connectivity index (χ4n) is 4.25. The van der Waals surface area contributed by atoms with Gasteiger partial charge >= 0.3 is 0 Å². The Labute approximate surface area is 210 Å². The van der Waals surface area contributed by atoms with Crippen LogP contribution in [-0.4, -0.2) is 0 Å². The lowest BCUT2D eigenvalue weighted by Gasteiger charge is -2.21. The van der Waals surface area contributed by atoms with E-state index in [0.29, 0.717) is 11.3 Å². The molecule has 1 atom stereocenters. The fraction of sp³-hybridized carbons (Fsp3) is 0.471. The molecule has 34 heavy (non-hydrogen) atoms. The van der Waals surface area contributed by atoms with Gasteiger partial charge in [-0.25, -0.2) is 0 Å². The average molecular weight is 457 g/mol. The zero-order chi connectivity index (χ0) is 25.5. The first kappa shape index (κ1) is 27.9. The van der Waals surface area contributed by atoms with Crippen molar-refractivity contribution in [1.29, 1.82) is 0 Å². The molecule has 3 aromatic rings. The van der Waals surface area contributed by atoms with Crippen LogP contribution in [0.3, 0.4) is 0 Å². The van der Waals surface area contributed by atoms with Crippen molar-refractivity contribution < 1.29 is 0 Å². The second-order valence-corrected chi connectivity index (χ2v) is 12.0. The van der Waals surface area contributed by atoms with Gasteiger partial charge in [0.05, 0.1) is 0 Å². The van der Waals surface area contributed by atoms with Crippen LogP contribution in [0.5, 0.6) is 0 Å². The van der Waals surface area contributed by atoms with E-state index in [1.807, 2.05) is 0 Å². The van der Waals surface area contributed by atoms with Crippen molar-refractivity contribution >= 4 is 0 Å². The van der Waals surface area contributed by atoms with Crippen LogP contribution in [0.15, 0.2) is 60.7 Å². The predicted molar refractivity (Wildman–Crippen MR) is 152 cm³/mol. The van der Waals surface area contributed by atoms with Crippen LogP contribution in [0.1, 0.15) is 98.9 Å². The van der Waals surface area contributed by atoms with Crippen LogP contribution >= 0.6 is 0 Å². The Bertz CT molecular complexity index is 1030. The molecule has 0 radical (unpaired) electrons. The summed E-state index contributed by atoms with van der Waals surface area (Å²) in [5.41, 5.74) is 11.7. The Balaban J connectivity index is 0.000000945. The van der Waals surface area contributed by atoms with E-state index in [1.165, 1.54) is 44.5 Å². The normalized spacial score (nSPS) is 12.3. The number of aryl methyl sites for hydroxylation is 5. The molecule has 0 aliphatic rings. The molecule has 184 valence electrons. The third-order valence-corrected chi connectivity index (χ3v) is 6.26. The van der Waals surface area contributed by atoms with Crippen LogP contribution in [0.25, 0.3) is 0 Å². The van der Waals surface area contributed by atoms with Crippen molar-refractivity contribution in [2.45, 2.75) is 94.4 Å². The molecule has 3 aromatic carbocycles. The van der Waals surface area contributed by atoms with Gasteiger partial charge in [0.1, 0.15) is 0 Å². The highest BCUT2D eigenvalue weighted by atomic mass is 14.2. The molecule has 3 rings (SSSR count).